The van der Waals surface area contributed by atoms with E-state index in [4.69, 9.17) is 4.74 Å². The van der Waals surface area contributed by atoms with Gasteiger partial charge in [-0.3, -0.25) is 0 Å². The monoisotopic (exact) mass is 235 g/mol. The van der Waals surface area contributed by atoms with Crippen molar-refractivity contribution in [2.24, 2.45) is 0 Å². The fourth-order valence-electron chi connectivity index (χ4n) is 2.07. The number of nitrogens with one attached hydrogen (secondary N) is 1. The summed E-state index contributed by atoms with van der Waals surface area (Å²) in [4.78, 5) is 6.76. The van der Waals surface area contributed by atoms with Gasteiger partial charge in [0.05, 0.1) is 6.61 Å². The number of aromatic nitrogens is 1. The van der Waals surface area contributed by atoms with Gasteiger partial charge in [0.2, 0.25) is 0 Å². The SMILES string of the molecule is CCCOc1cccnc1N1CCN[C@@H](C)C1. The Morgan fingerprint density at radius 1 is 1.59 bits per heavy atom. The third kappa shape index (κ3) is 3.09. The zero-order valence-corrected chi connectivity index (χ0v) is 10.6. The Morgan fingerprint density at radius 2 is 2.47 bits per heavy atom. The van der Waals surface area contributed by atoms with Gasteiger partial charge in [0.15, 0.2) is 11.6 Å². The zero-order valence-electron chi connectivity index (χ0n) is 10.6. The van der Waals surface area contributed by atoms with Crippen LogP contribution in [-0.2, 0) is 0 Å². The zero-order chi connectivity index (χ0) is 12.1. The van der Waals surface area contributed by atoms with Gasteiger partial charge in [-0.2, -0.15) is 0 Å². The maximum Gasteiger partial charge on any atom is 0.171 e. The van der Waals surface area contributed by atoms with Crippen LogP contribution in [0.4, 0.5) is 5.82 Å². The van der Waals surface area contributed by atoms with Gasteiger partial charge in [0.1, 0.15) is 0 Å². The number of rotatable bonds is 4. The summed E-state index contributed by atoms with van der Waals surface area (Å²) in [6.45, 7) is 8.04. The molecule has 0 radical (unpaired) electrons. The summed E-state index contributed by atoms with van der Waals surface area (Å²) in [6.07, 6.45) is 2.85. The van der Waals surface area contributed by atoms with E-state index < -0.39 is 0 Å². The van der Waals surface area contributed by atoms with Crippen molar-refractivity contribution in [1.29, 1.82) is 0 Å². The van der Waals surface area contributed by atoms with E-state index in [9.17, 15) is 0 Å². The normalized spacial score (nSPS) is 20.4. The number of anilines is 1. The summed E-state index contributed by atoms with van der Waals surface area (Å²) in [7, 11) is 0. The van der Waals surface area contributed by atoms with Gasteiger partial charge in [-0.25, -0.2) is 4.98 Å². The van der Waals surface area contributed by atoms with Crippen molar-refractivity contribution in [2.75, 3.05) is 31.1 Å². The maximum atomic E-state index is 5.75. The summed E-state index contributed by atoms with van der Waals surface area (Å²) >= 11 is 0. The fraction of sp³-hybridized carbons (Fsp3) is 0.615. The molecule has 94 valence electrons. The van der Waals surface area contributed by atoms with Gasteiger partial charge in [0.25, 0.3) is 0 Å². The Bertz CT molecular complexity index is 356. The van der Waals surface area contributed by atoms with Crippen LogP contribution in [0.25, 0.3) is 0 Å². The van der Waals surface area contributed by atoms with Crippen molar-refractivity contribution in [3.8, 4) is 5.75 Å². The number of nitrogens with zero attached hydrogens (tertiary/aromatic N) is 2. The van der Waals surface area contributed by atoms with Crippen LogP contribution < -0.4 is 15.0 Å². The van der Waals surface area contributed by atoms with E-state index in [2.05, 4.69) is 29.0 Å². The maximum absolute atomic E-state index is 5.75. The molecule has 1 atom stereocenters. The quantitative estimate of drug-likeness (QED) is 0.861. The van der Waals surface area contributed by atoms with Gasteiger partial charge in [-0.05, 0) is 25.5 Å². The molecule has 4 heteroatoms. The van der Waals surface area contributed by atoms with Gasteiger partial charge >= 0.3 is 0 Å². The molecule has 17 heavy (non-hydrogen) atoms. The minimum Gasteiger partial charge on any atom is -0.490 e. The summed E-state index contributed by atoms with van der Waals surface area (Å²) in [6, 6.07) is 4.44. The van der Waals surface area contributed by atoms with Crippen molar-refractivity contribution >= 4 is 5.82 Å². The second-order valence-electron chi connectivity index (χ2n) is 4.47. The molecule has 1 N–H and O–H groups in total. The van der Waals surface area contributed by atoms with Crippen molar-refractivity contribution in [1.82, 2.24) is 10.3 Å². The minimum atomic E-state index is 0.504. The van der Waals surface area contributed by atoms with Crippen molar-refractivity contribution in [3.05, 3.63) is 18.3 Å². The average molecular weight is 235 g/mol. The number of ether oxygens (including phenoxy) is 1. The van der Waals surface area contributed by atoms with E-state index >= 15 is 0 Å². The van der Waals surface area contributed by atoms with E-state index in [-0.39, 0.29) is 0 Å². The Kier molecular flexibility index (Phi) is 4.20. The van der Waals surface area contributed by atoms with E-state index in [0.29, 0.717) is 6.04 Å². The lowest BCUT2D eigenvalue weighted by Gasteiger charge is -2.33. The molecule has 0 aliphatic carbocycles. The molecule has 4 nitrogen and oxygen atoms in total. The molecule has 1 aromatic heterocycles. The molecule has 2 heterocycles. The molecule has 0 unspecified atom stereocenters. The number of hydrogen-bond acceptors (Lipinski definition) is 4. The van der Waals surface area contributed by atoms with Crippen LogP contribution in [0, 0.1) is 0 Å². The lowest BCUT2D eigenvalue weighted by Crippen LogP contribution is -2.49. The van der Waals surface area contributed by atoms with Crippen molar-refractivity contribution < 1.29 is 4.74 Å². The number of pyridine rings is 1. The van der Waals surface area contributed by atoms with Crippen molar-refractivity contribution in [2.45, 2.75) is 26.3 Å². The van der Waals surface area contributed by atoms with Crippen LogP contribution in [0.2, 0.25) is 0 Å². The van der Waals surface area contributed by atoms with Crippen LogP contribution in [0.5, 0.6) is 5.75 Å². The Hall–Kier alpha value is -1.29. The summed E-state index contributed by atoms with van der Waals surface area (Å²) in [5, 5.41) is 3.43. The fourth-order valence-corrected chi connectivity index (χ4v) is 2.07. The third-order valence-corrected chi connectivity index (χ3v) is 2.88. The molecular formula is C13H21N3O. The van der Waals surface area contributed by atoms with Crippen LogP contribution in [0.3, 0.4) is 0 Å². The highest BCUT2D eigenvalue weighted by Gasteiger charge is 2.19. The molecule has 2 rings (SSSR count). The highest BCUT2D eigenvalue weighted by atomic mass is 16.5. The first-order valence-corrected chi connectivity index (χ1v) is 6.37. The van der Waals surface area contributed by atoms with E-state index in [0.717, 1.165) is 44.2 Å². The molecule has 1 aliphatic rings. The predicted octanol–water partition coefficient (Wildman–Crippen LogP) is 1.67. The Morgan fingerprint density at radius 3 is 3.24 bits per heavy atom. The largest absolute Gasteiger partial charge is 0.490 e. The molecule has 0 spiro atoms. The second-order valence-corrected chi connectivity index (χ2v) is 4.47. The molecule has 0 amide bonds. The van der Waals surface area contributed by atoms with E-state index in [1.807, 2.05) is 18.3 Å². The average Bonchev–Trinajstić information content (AvgIpc) is 2.37. The molecule has 0 bridgehead atoms. The van der Waals surface area contributed by atoms with E-state index in [1.54, 1.807) is 0 Å². The number of piperazine rings is 1. The number of hydrogen-bond donors (Lipinski definition) is 1. The molecule has 1 aliphatic heterocycles. The van der Waals surface area contributed by atoms with Gasteiger partial charge in [-0.1, -0.05) is 6.92 Å². The lowest BCUT2D eigenvalue weighted by molar-refractivity contribution is 0.315. The first kappa shape index (κ1) is 12.2. The van der Waals surface area contributed by atoms with Gasteiger partial charge in [-0.15, -0.1) is 0 Å². The summed E-state index contributed by atoms with van der Waals surface area (Å²) in [5.41, 5.74) is 0. The highest BCUT2D eigenvalue weighted by Crippen LogP contribution is 2.26. The minimum absolute atomic E-state index is 0.504. The molecule has 0 aromatic carbocycles. The van der Waals surface area contributed by atoms with Crippen LogP contribution in [0.1, 0.15) is 20.3 Å². The summed E-state index contributed by atoms with van der Waals surface area (Å²) < 4.78 is 5.75. The Labute approximate surface area is 103 Å². The molecule has 1 fully saturated rings. The smallest absolute Gasteiger partial charge is 0.171 e. The molecule has 1 saturated heterocycles. The molecular weight excluding hydrogens is 214 g/mol. The van der Waals surface area contributed by atoms with Gasteiger partial charge in [0, 0.05) is 31.9 Å². The van der Waals surface area contributed by atoms with Crippen LogP contribution >= 0.6 is 0 Å². The van der Waals surface area contributed by atoms with Gasteiger partial charge < -0.3 is 15.0 Å². The first-order chi connectivity index (χ1) is 8.31. The first-order valence-electron chi connectivity index (χ1n) is 6.37. The Balaban J connectivity index is 2.12. The molecule has 1 aromatic rings. The lowest BCUT2D eigenvalue weighted by atomic mass is 10.2. The van der Waals surface area contributed by atoms with Crippen molar-refractivity contribution in [3.63, 3.8) is 0 Å². The highest BCUT2D eigenvalue weighted by molar-refractivity contribution is 5.52. The molecule has 0 saturated carbocycles. The summed E-state index contributed by atoms with van der Waals surface area (Å²) in [5.74, 6) is 1.89. The van der Waals surface area contributed by atoms with Crippen LogP contribution in [0.15, 0.2) is 18.3 Å². The topological polar surface area (TPSA) is 37.4 Å². The second kappa shape index (κ2) is 5.87. The van der Waals surface area contributed by atoms with E-state index in [1.165, 1.54) is 0 Å². The van der Waals surface area contributed by atoms with Crippen LogP contribution in [-0.4, -0.2) is 37.3 Å². The third-order valence-electron chi connectivity index (χ3n) is 2.88. The standard InChI is InChI=1S/C13H21N3O/c1-3-9-17-12-5-4-6-15-13(12)16-8-7-14-11(2)10-16/h4-6,11,14H,3,7-10H2,1-2H3/t11-/m0/s1. The predicted molar refractivity (Wildman–Crippen MR) is 69.7 cm³/mol.